The highest BCUT2D eigenvalue weighted by Crippen LogP contribution is 2.20. The number of amides is 2. The molecule has 0 aromatic heterocycles. The van der Waals surface area contributed by atoms with Crippen molar-refractivity contribution in [2.75, 3.05) is 14.1 Å². The molecule has 1 unspecified atom stereocenters. The van der Waals surface area contributed by atoms with Crippen molar-refractivity contribution in [2.45, 2.75) is 38.8 Å². The van der Waals surface area contributed by atoms with Gasteiger partial charge in [-0.2, -0.15) is 0 Å². The van der Waals surface area contributed by atoms with Gasteiger partial charge in [0.15, 0.2) is 0 Å². The molecular weight excluding hydrogens is 168 g/mol. The van der Waals surface area contributed by atoms with Crippen molar-refractivity contribution in [2.24, 2.45) is 0 Å². The Balaban J connectivity index is 4.45. The fourth-order valence-electron chi connectivity index (χ4n) is 1.34. The van der Waals surface area contributed by atoms with Gasteiger partial charge >= 0.3 is 6.03 Å². The first kappa shape index (κ1) is 12.2. The zero-order valence-electron chi connectivity index (χ0n) is 8.92. The molecule has 1 atom stereocenters. The smallest absolute Gasteiger partial charge is 0.319 e. The molecule has 78 valence electrons. The number of carbonyl (C=O) groups excluding carboxylic acids is 1. The van der Waals surface area contributed by atoms with E-state index in [9.17, 15) is 9.90 Å². The largest absolute Gasteiger partial charge is 0.371 e. The third kappa shape index (κ3) is 2.88. The zero-order chi connectivity index (χ0) is 10.5. The van der Waals surface area contributed by atoms with Crippen LogP contribution in [0.15, 0.2) is 0 Å². The van der Waals surface area contributed by atoms with Gasteiger partial charge in [0, 0.05) is 14.1 Å². The summed E-state index contributed by atoms with van der Waals surface area (Å²) in [4.78, 5) is 12.6. The average Bonchev–Trinajstić information content (AvgIpc) is 2.15. The summed E-state index contributed by atoms with van der Waals surface area (Å²) in [7, 11) is 3.17. The van der Waals surface area contributed by atoms with Gasteiger partial charge in [0.2, 0.25) is 0 Å². The molecule has 0 aliphatic heterocycles. The Labute approximate surface area is 79.9 Å². The maximum absolute atomic E-state index is 11.2. The Morgan fingerprint density at radius 3 is 2.38 bits per heavy atom. The maximum atomic E-state index is 11.2. The molecule has 2 amide bonds. The lowest BCUT2D eigenvalue weighted by molar-refractivity contribution is -0.0791. The molecule has 0 heterocycles. The van der Waals surface area contributed by atoms with Gasteiger partial charge in [0.1, 0.15) is 5.72 Å². The lowest BCUT2D eigenvalue weighted by Gasteiger charge is -2.36. The SMILES string of the molecule is CCCC(O)(CC)N(C)C(=O)NC. The molecular formula is C9H20N2O2. The number of rotatable bonds is 4. The second kappa shape index (κ2) is 5.07. The molecule has 0 aliphatic carbocycles. The Morgan fingerprint density at radius 1 is 1.54 bits per heavy atom. The molecule has 0 aliphatic rings. The predicted molar refractivity (Wildman–Crippen MR) is 52.4 cm³/mol. The first-order valence-corrected chi connectivity index (χ1v) is 4.69. The van der Waals surface area contributed by atoms with E-state index in [-0.39, 0.29) is 6.03 Å². The molecule has 4 nitrogen and oxygen atoms in total. The summed E-state index contributed by atoms with van der Waals surface area (Å²) < 4.78 is 0. The number of nitrogens with zero attached hydrogens (tertiary/aromatic N) is 1. The third-order valence-corrected chi connectivity index (χ3v) is 2.36. The Bertz CT molecular complexity index is 173. The number of hydrogen-bond donors (Lipinski definition) is 2. The highest BCUT2D eigenvalue weighted by Gasteiger charge is 2.31. The van der Waals surface area contributed by atoms with Gasteiger partial charge in [-0.15, -0.1) is 0 Å². The number of aliphatic hydroxyl groups is 1. The standard InChI is InChI=1S/C9H20N2O2/c1-5-7-9(13,6-2)11(4)8(12)10-3/h13H,5-7H2,1-4H3,(H,10,12). The van der Waals surface area contributed by atoms with Crippen LogP contribution in [0.1, 0.15) is 33.1 Å². The maximum Gasteiger partial charge on any atom is 0.319 e. The van der Waals surface area contributed by atoms with Crippen LogP contribution in [0.4, 0.5) is 4.79 Å². The fraction of sp³-hybridized carbons (Fsp3) is 0.889. The Hall–Kier alpha value is -0.770. The van der Waals surface area contributed by atoms with Crippen molar-refractivity contribution in [3.05, 3.63) is 0 Å². The van der Waals surface area contributed by atoms with E-state index in [2.05, 4.69) is 5.32 Å². The van der Waals surface area contributed by atoms with Crippen molar-refractivity contribution in [1.29, 1.82) is 0 Å². The first-order chi connectivity index (χ1) is 6.01. The summed E-state index contributed by atoms with van der Waals surface area (Å²) in [6.45, 7) is 3.85. The molecule has 0 rings (SSSR count). The molecule has 0 aromatic rings. The van der Waals surface area contributed by atoms with Crippen molar-refractivity contribution >= 4 is 6.03 Å². The summed E-state index contributed by atoms with van der Waals surface area (Å²) in [5.74, 6) is 0. The van der Waals surface area contributed by atoms with Gasteiger partial charge < -0.3 is 10.4 Å². The number of hydrogen-bond acceptors (Lipinski definition) is 2. The van der Waals surface area contributed by atoms with E-state index in [1.54, 1.807) is 14.1 Å². The molecule has 4 heteroatoms. The van der Waals surface area contributed by atoms with Crippen molar-refractivity contribution in [3.63, 3.8) is 0 Å². The Kier molecular flexibility index (Phi) is 4.77. The van der Waals surface area contributed by atoms with Crippen molar-refractivity contribution in [3.8, 4) is 0 Å². The predicted octanol–water partition coefficient (Wildman–Crippen LogP) is 1.16. The monoisotopic (exact) mass is 188 g/mol. The second-order valence-corrected chi connectivity index (χ2v) is 3.20. The van der Waals surface area contributed by atoms with Crippen LogP contribution in [0.3, 0.4) is 0 Å². The van der Waals surface area contributed by atoms with Crippen molar-refractivity contribution < 1.29 is 9.90 Å². The molecule has 2 N–H and O–H groups in total. The minimum absolute atomic E-state index is 0.252. The average molecular weight is 188 g/mol. The molecule has 0 spiro atoms. The van der Waals surface area contributed by atoms with E-state index in [0.29, 0.717) is 12.8 Å². The van der Waals surface area contributed by atoms with Crippen LogP contribution in [0.5, 0.6) is 0 Å². The lowest BCUT2D eigenvalue weighted by atomic mass is 10.0. The van der Waals surface area contributed by atoms with Crippen LogP contribution in [0.25, 0.3) is 0 Å². The minimum Gasteiger partial charge on any atom is -0.371 e. The molecule has 0 bridgehead atoms. The van der Waals surface area contributed by atoms with E-state index >= 15 is 0 Å². The van der Waals surface area contributed by atoms with Crippen LogP contribution in [-0.2, 0) is 0 Å². The summed E-state index contributed by atoms with van der Waals surface area (Å²) >= 11 is 0. The van der Waals surface area contributed by atoms with Crippen LogP contribution in [-0.4, -0.2) is 35.9 Å². The minimum atomic E-state index is -1.01. The van der Waals surface area contributed by atoms with E-state index < -0.39 is 5.72 Å². The summed E-state index contributed by atoms with van der Waals surface area (Å²) in [5.41, 5.74) is -1.01. The molecule has 0 saturated carbocycles. The van der Waals surface area contributed by atoms with Crippen LogP contribution in [0, 0.1) is 0 Å². The second-order valence-electron chi connectivity index (χ2n) is 3.20. The van der Waals surface area contributed by atoms with Gasteiger partial charge in [-0.1, -0.05) is 20.3 Å². The number of urea groups is 1. The normalized spacial score (nSPS) is 14.8. The van der Waals surface area contributed by atoms with Gasteiger partial charge in [-0.05, 0) is 12.8 Å². The highest BCUT2D eigenvalue weighted by molar-refractivity contribution is 5.74. The zero-order valence-corrected chi connectivity index (χ0v) is 8.92. The summed E-state index contributed by atoms with van der Waals surface area (Å²) in [6, 6.07) is -0.252. The number of carbonyl (C=O) groups is 1. The highest BCUT2D eigenvalue weighted by atomic mass is 16.3. The molecule has 0 fully saturated rings. The van der Waals surface area contributed by atoms with Crippen molar-refractivity contribution in [1.82, 2.24) is 10.2 Å². The lowest BCUT2D eigenvalue weighted by Crippen LogP contribution is -2.52. The topological polar surface area (TPSA) is 52.6 Å². The van der Waals surface area contributed by atoms with E-state index in [1.165, 1.54) is 4.90 Å². The molecule has 0 saturated heterocycles. The van der Waals surface area contributed by atoms with Gasteiger partial charge in [-0.25, -0.2) is 4.79 Å². The summed E-state index contributed by atoms with van der Waals surface area (Å²) in [6.07, 6.45) is 2.00. The fourth-order valence-corrected chi connectivity index (χ4v) is 1.34. The van der Waals surface area contributed by atoms with Gasteiger partial charge in [0.05, 0.1) is 0 Å². The van der Waals surface area contributed by atoms with Gasteiger partial charge in [0.25, 0.3) is 0 Å². The summed E-state index contributed by atoms with van der Waals surface area (Å²) in [5, 5.41) is 12.5. The molecule has 0 radical (unpaired) electrons. The van der Waals surface area contributed by atoms with E-state index in [1.807, 2.05) is 13.8 Å². The van der Waals surface area contributed by atoms with E-state index in [0.717, 1.165) is 6.42 Å². The van der Waals surface area contributed by atoms with E-state index in [4.69, 9.17) is 0 Å². The van der Waals surface area contributed by atoms with Crippen LogP contribution >= 0.6 is 0 Å². The Morgan fingerprint density at radius 2 is 2.08 bits per heavy atom. The molecule has 13 heavy (non-hydrogen) atoms. The van der Waals surface area contributed by atoms with Crippen LogP contribution < -0.4 is 5.32 Å². The quantitative estimate of drug-likeness (QED) is 0.650. The number of nitrogens with one attached hydrogen (secondary N) is 1. The first-order valence-electron chi connectivity index (χ1n) is 4.69. The molecule has 0 aromatic carbocycles. The van der Waals surface area contributed by atoms with Crippen LogP contribution in [0.2, 0.25) is 0 Å². The third-order valence-electron chi connectivity index (χ3n) is 2.36. The van der Waals surface area contributed by atoms with Gasteiger partial charge in [-0.3, -0.25) is 4.90 Å².